The Labute approximate surface area is 233 Å². The van der Waals surface area contributed by atoms with Crippen molar-refractivity contribution in [1.29, 1.82) is 5.26 Å². The van der Waals surface area contributed by atoms with Crippen LogP contribution in [-0.2, 0) is 17.0 Å². The fraction of sp³-hybridized carbons (Fsp3) is 0.379. The number of fused-ring (bicyclic) bond motifs is 2. The first kappa shape index (κ1) is 26.1. The van der Waals surface area contributed by atoms with Crippen molar-refractivity contribution in [2.45, 2.75) is 63.6 Å². The maximum Gasteiger partial charge on any atom is 0.267 e. The van der Waals surface area contributed by atoms with E-state index in [2.05, 4.69) is 35.7 Å². The lowest BCUT2D eigenvalue weighted by Crippen LogP contribution is -2.41. The molecular weight excluding hydrogens is 522 g/mol. The summed E-state index contributed by atoms with van der Waals surface area (Å²) in [5.74, 6) is -0.628. The highest BCUT2D eigenvalue weighted by Gasteiger charge is 2.44. The van der Waals surface area contributed by atoms with Crippen molar-refractivity contribution < 1.29 is 14.3 Å². The zero-order chi connectivity index (χ0) is 28.1. The molecule has 1 aliphatic heterocycles. The molecule has 40 heavy (non-hydrogen) atoms. The van der Waals surface area contributed by atoms with Gasteiger partial charge in [-0.2, -0.15) is 10.4 Å². The van der Waals surface area contributed by atoms with Gasteiger partial charge in [-0.05, 0) is 43.5 Å². The zero-order valence-electron chi connectivity index (χ0n) is 22.9. The van der Waals surface area contributed by atoms with Crippen molar-refractivity contribution in [2.75, 3.05) is 11.5 Å². The number of ether oxygens (including phenoxy) is 1. The van der Waals surface area contributed by atoms with Gasteiger partial charge in [-0.25, -0.2) is 14.9 Å². The smallest absolute Gasteiger partial charge is 0.267 e. The quantitative estimate of drug-likeness (QED) is 0.159. The van der Waals surface area contributed by atoms with Gasteiger partial charge in [0, 0.05) is 32.5 Å². The number of anilines is 1. The Morgan fingerprint density at radius 1 is 1.05 bits per heavy atom. The Kier molecular flexibility index (Phi) is 6.39. The average Bonchev–Trinajstić information content (AvgIpc) is 3.59. The number of nitriles is 1. The number of rotatable bonds is 9. The number of hydrogen-bond donors (Lipinski definition) is 0. The number of benzene rings is 1. The number of hydrogen-bond acceptors (Lipinski definition) is 7. The second kappa shape index (κ2) is 9.80. The third-order valence-corrected chi connectivity index (χ3v) is 9.62. The van der Waals surface area contributed by atoms with Crippen LogP contribution in [-0.4, -0.2) is 50.8 Å². The van der Waals surface area contributed by atoms with E-state index < -0.39 is 25.4 Å². The van der Waals surface area contributed by atoms with Crippen LogP contribution in [0.15, 0.2) is 49.1 Å². The number of amides is 2. The molecule has 4 heterocycles. The van der Waals surface area contributed by atoms with E-state index in [0.717, 1.165) is 35.6 Å². The first-order valence-electron chi connectivity index (χ1n) is 13.6. The molecule has 0 spiro atoms. The minimum absolute atomic E-state index is 0.217. The van der Waals surface area contributed by atoms with Crippen molar-refractivity contribution in [3.8, 4) is 17.3 Å². The lowest BCUT2D eigenvalue weighted by molar-refractivity contribution is 0.0898. The maximum absolute atomic E-state index is 13.5. The molecule has 0 atom stereocenters. The monoisotopic (exact) mass is 553 g/mol. The summed E-state index contributed by atoms with van der Waals surface area (Å²) in [6, 6.07) is 12.1. The topological polar surface area (TPSA) is 119 Å². The normalized spacial score (nSPS) is 16.3. The van der Waals surface area contributed by atoms with Gasteiger partial charge in [0.25, 0.3) is 11.8 Å². The van der Waals surface area contributed by atoms with Gasteiger partial charge in [-0.1, -0.05) is 31.8 Å². The maximum atomic E-state index is 13.5. The van der Waals surface area contributed by atoms with Gasteiger partial charge in [0.15, 0.2) is 5.82 Å². The Balaban J connectivity index is 1.43. The first-order valence-corrected chi connectivity index (χ1v) is 17.3. The van der Waals surface area contributed by atoms with Crippen LogP contribution >= 0.6 is 0 Å². The average molecular weight is 554 g/mol. The summed E-state index contributed by atoms with van der Waals surface area (Å²) in [5, 5.41) is 15.2. The molecule has 2 amide bonds. The van der Waals surface area contributed by atoms with E-state index in [0.29, 0.717) is 47.8 Å². The molecule has 10 nitrogen and oxygen atoms in total. The highest BCUT2D eigenvalue weighted by atomic mass is 28.3. The van der Waals surface area contributed by atoms with Crippen molar-refractivity contribution in [3.63, 3.8) is 0 Å². The summed E-state index contributed by atoms with van der Waals surface area (Å²) >= 11 is 0. The molecule has 204 valence electrons. The van der Waals surface area contributed by atoms with Gasteiger partial charge >= 0.3 is 0 Å². The minimum Gasteiger partial charge on any atom is -0.361 e. The molecule has 1 aliphatic carbocycles. The molecule has 0 radical (unpaired) electrons. The predicted molar refractivity (Wildman–Crippen MR) is 152 cm³/mol. The molecule has 1 fully saturated rings. The molecule has 1 saturated carbocycles. The molecule has 6 rings (SSSR count). The molecule has 4 aromatic rings. The highest BCUT2D eigenvalue weighted by molar-refractivity contribution is 6.76. The Bertz CT molecular complexity index is 1640. The molecule has 2 aliphatic rings. The number of imide groups is 1. The molecule has 1 aromatic carbocycles. The van der Waals surface area contributed by atoms with Crippen LogP contribution in [0, 0.1) is 11.3 Å². The van der Waals surface area contributed by atoms with Gasteiger partial charge in [0.1, 0.15) is 18.7 Å². The second-order valence-electron chi connectivity index (χ2n) is 11.8. The molecule has 3 aromatic heterocycles. The van der Waals surface area contributed by atoms with Crippen LogP contribution in [0.4, 0.5) is 5.82 Å². The van der Waals surface area contributed by atoms with E-state index in [1.54, 1.807) is 28.9 Å². The largest absolute Gasteiger partial charge is 0.361 e. The van der Waals surface area contributed by atoms with Crippen LogP contribution in [0.5, 0.6) is 0 Å². The van der Waals surface area contributed by atoms with E-state index in [1.165, 1.54) is 6.33 Å². The first-order chi connectivity index (χ1) is 19.2. The third kappa shape index (κ3) is 4.33. The predicted octanol–water partition coefficient (Wildman–Crippen LogP) is 5.20. The highest BCUT2D eigenvalue weighted by Crippen LogP contribution is 2.45. The zero-order valence-corrected chi connectivity index (χ0v) is 23.9. The summed E-state index contributed by atoms with van der Waals surface area (Å²) in [5.41, 5.74) is 2.02. The number of carbonyl (C=O) groups is 2. The van der Waals surface area contributed by atoms with Crippen LogP contribution in [0.25, 0.3) is 22.3 Å². The number of carbonyl (C=O) groups excluding carboxylic acids is 2. The van der Waals surface area contributed by atoms with Gasteiger partial charge in [-0.15, -0.1) is 0 Å². The molecule has 0 N–H and O–H groups in total. The summed E-state index contributed by atoms with van der Waals surface area (Å²) < 4.78 is 9.67. The van der Waals surface area contributed by atoms with Crippen LogP contribution in [0.3, 0.4) is 0 Å². The van der Waals surface area contributed by atoms with Gasteiger partial charge < -0.3 is 9.30 Å². The Morgan fingerprint density at radius 3 is 2.40 bits per heavy atom. The van der Waals surface area contributed by atoms with E-state index in [1.807, 2.05) is 23.0 Å². The second-order valence-corrected chi connectivity index (χ2v) is 17.4. The van der Waals surface area contributed by atoms with Gasteiger partial charge in [0.05, 0.1) is 40.4 Å². The molecule has 11 heteroatoms. The van der Waals surface area contributed by atoms with E-state index >= 15 is 0 Å². The van der Waals surface area contributed by atoms with E-state index in [9.17, 15) is 14.9 Å². The SMILES string of the molecule is C[Si](C)(C)CCOCn1ccc2c(-c3cn(C4(CC#N)CCC4)nc3N3C(=O)c4ccccc4C3=O)ncnc21. The van der Waals surface area contributed by atoms with Crippen LogP contribution < -0.4 is 4.90 Å². The van der Waals surface area contributed by atoms with Crippen molar-refractivity contribution in [2.24, 2.45) is 0 Å². The number of nitrogens with zero attached hydrogens (tertiary/aromatic N) is 7. The lowest BCUT2D eigenvalue weighted by Gasteiger charge is -2.40. The summed E-state index contributed by atoms with van der Waals surface area (Å²) in [4.78, 5) is 37.3. The lowest BCUT2D eigenvalue weighted by atomic mass is 9.75. The summed E-state index contributed by atoms with van der Waals surface area (Å²) in [6.07, 6.45) is 8.10. The van der Waals surface area contributed by atoms with E-state index in [-0.39, 0.29) is 5.82 Å². The fourth-order valence-corrected chi connectivity index (χ4v) is 6.16. The Morgan fingerprint density at radius 2 is 1.77 bits per heavy atom. The Hall–Kier alpha value is -4.14. The summed E-state index contributed by atoms with van der Waals surface area (Å²) in [7, 11) is -1.21. The molecule has 0 bridgehead atoms. The van der Waals surface area contributed by atoms with Crippen molar-refractivity contribution >= 4 is 36.7 Å². The van der Waals surface area contributed by atoms with Gasteiger partial charge in [-0.3, -0.25) is 14.3 Å². The standard InChI is InChI=1S/C29H31N7O3Si/c1-40(2,3)16-15-39-19-34-14-9-22-24(31-18-32-25(22)34)23-17-35(29(12-13-30)10-6-11-29)33-26(23)36-27(37)20-7-4-5-8-21(20)28(36)38/h4-5,7-9,14,17-18H,6,10-12,15-16,19H2,1-3H3. The van der Waals surface area contributed by atoms with Crippen LogP contribution in [0.2, 0.25) is 25.7 Å². The van der Waals surface area contributed by atoms with Crippen molar-refractivity contribution in [3.05, 3.63) is 60.2 Å². The third-order valence-electron chi connectivity index (χ3n) is 7.92. The number of aromatic nitrogens is 5. The van der Waals surface area contributed by atoms with E-state index in [4.69, 9.17) is 9.84 Å². The molecule has 0 unspecified atom stereocenters. The van der Waals surface area contributed by atoms with Crippen molar-refractivity contribution in [1.82, 2.24) is 24.3 Å². The fourth-order valence-electron chi connectivity index (χ4n) is 5.40. The summed E-state index contributed by atoms with van der Waals surface area (Å²) in [6.45, 7) is 8.00. The molecular formula is C29H31N7O3Si. The minimum atomic E-state index is -1.21. The van der Waals surface area contributed by atoms with Gasteiger partial charge in [0.2, 0.25) is 0 Å². The molecule has 0 saturated heterocycles. The van der Waals surface area contributed by atoms with Crippen LogP contribution in [0.1, 0.15) is 46.4 Å².